The Morgan fingerprint density at radius 3 is 2.88 bits per heavy atom. The first-order chi connectivity index (χ1) is 16.6. The van der Waals surface area contributed by atoms with Crippen LogP contribution >= 0.6 is 11.3 Å². The third-order valence-corrected chi connectivity index (χ3v) is 7.87. The summed E-state index contributed by atoms with van der Waals surface area (Å²) in [6.45, 7) is 3.03. The molecule has 0 spiro atoms. The molecule has 2 aromatic heterocycles. The minimum absolute atomic E-state index is 0.0195. The second kappa shape index (κ2) is 10.1. The highest BCUT2D eigenvalue weighted by Crippen LogP contribution is 2.28. The maximum absolute atomic E-state index is 12.9. The fourth-order valence-electron chi connectivity index (χ4n) is 4.94. The van der Waals surface area contributed by atoms with Crippen LogP contribution in [0.5, 0.6) is 0 Å². The zero-order chi connectivity index (χ0) is 23.5. The molecule has 1 aliphatic carbocycles. The molecule has 5 rings (SSSR count). The van der Waals surface area contributed by atoms with Gasteiger partial charge in [0.1, 0.15) is 0 Å². The van der Waals surface area contributed by atoms with Crippen molar-refractivity contribution in [1.29, 1.82) is 0 Å². The van der Waals surface area contributed by atoms with Gasteiger partial charge in [0.05, 0.1) is 11.6 Å². The highest BCUT2D eigenvalue weighted by Gasteiger charge is 2.28. The van der Waals surface area contributed by atoms with Crippen molar-refractivity contribution in [2.24, 2.45) is 5.92 Å². The van der Waals surface area contributed by atoms with Crippen molar-refractivity contribution in [3.63, 3.8) is 0 Å². The molecule has 9 heteroatoms. The summed E-state index contributed by atoms with van der Waals surface area (Å²) >= 11 is 1.46. The minimum atomic E-state index is -0.0644. The van der Waals surface area contributed by atoms with E-state index in [9.17, 15) is 9.59 Å². The molecule has 1 fully saturated rings. The molecule has 1 amide bonds. The number of aryl methyl sites for hydroxylation is 1. The molecule has 1 unspecified atom stereocenters. The van der Waals surface area contributed by atoms with Crippen LogP contribution in [0, 0.1) is 5.92 Å². The largest absolute Gasteiger partial charge is 0.375 e. The summed E-state index contributed by atoms with van der Waals surface area (Å²) in [6.07, 6.45) is 6.51. The predicted molar refractivity (Wildman–Crippen MR) is 136 cm³/mol. The van der Waals surface area contributed by atoms with Crippen molar-refractivity contribution in [3.05, 3.63) is 51.9 Å². The first-order valence-corrected chi connectivity index (χ1v) is 13.1. The van der Waals surface area contributed by atoms with Gasteiger partial charge in [-0.25, -0.2) is 4.98 Å². The summed E-state index contributed by atoms with van der Waals surface area (Å²) in [5, 5.41) is 8.52. The van der Waals surface area contributed by atoms with Crippen LogP contribution in [0.25, 0.3) is 4.96 Å². The first-order valence-electron chi connectivity index (χ1n) is 12.3. The summed E-state index contributed by atoms with van der Waals surface area (Å²) in [5.74, 6) is 0.0458. The van der Waals surface area contributed by atoms with E-state index in [-0.39, 0.29) is 17.4 Å². The summed E-state index contributed by atoms with van der Waals surface area (Å²) < 4.78 is 1.47. The lowest BCUT2D eigenvalue weighted by atomic mass is 9.97. The molecule has 0 saturated carbocycles. The number of hydrogen-bond acceptors (Lipinski definition) is 7. The van der Waals surface area contributed by atoms with E-state index in [0.29, 0.717) is 18.1 Å². The lowest BCUT2D eigenvalue weighted by Gasteiger charge is -2.31. The van der Waals surface area contributed by atoms with Gasteiger partial charge < -0.3 is 15.1 Å². The second-order valence-corrected chi connectivity index (χ2v) is 10.2. The Bertz CT molecular complexity index is 1210. The average Bonchev–Trinajstić information content (AvgIpc) is 3.32. The van der Waals surface area contributed by atoms with Gasteiger partial charge in [0.2, 0.25) is 16.0 Å². The minimum Gasteiger partial charge on any atom is -0.375 e. The van der Waals surface area contributed by atoms with Gasteiger partial charge in [-0.1, -0.05) is 29.5 Å². The van der Waals surface area contributed by atoms with Gasteiger partial charge in [0.15, 0.2) is 0 Å². The van der Waals surface area contributed by atoms with Crippen molar-refractivity contribution in [2.45, 2.75) is 44.9 Å². The number of piperidine rings is 1. The highest BCUT2D eigenvalue weighted by atomic mass is 32.1. The van der Waals surface area contributed by atoms with Crippen LogP contribution in [-0.2, 0) is 17.6 Å². The summed E-state index contributed by atoms with van der Waals surface area (Å²) in [5.41, 5.74) is 2.94. The predicted octanol–water partition coefficient (Wildman–Crippen LogP) is 2.89. The molecule has 3 aromatic rings. The van der Waals surface area contributed by atoms with Crippen LogP contribution in [-0.4, -0.2) is 53.7 Å². The van der Waals surface area contributed by atoms with Crippen molar-refractivity contribution >= 4 is 33.0 Å². The normalized spacial score (nSPS) is 18.0. The molecular weight excluding hydrogens is 448 g/mol. The van der Waals surface area contributed by atoms with Gasteiger partial charge in [0, 0.05) is 44.5 Å². The van der Waals surface area contributed by atoms with Gasteiger partial charge in [-0.2, -0.15) is 4.52 Å². The van der Waals surface area contributed by atoms with Crippen molar-refractivity contribution < 1.29 is 4.79 Å². The summed E-state index contributed by atoms with van der Waals surface area (Å²) in [7, 11) is 2.07. The van der Waals surface area contributed by atoms with Crippen molar-refractivity contribution in [1.82, 2.24) is 19.9 Å². The Morgan fingerprint density at radius 2 is 2.03 bits per heavy atom. The van der Waals surface area contributed by atoms with Gasteiger partial charge in [-0.05, 0) is 57.1 Å². The molecule has 1 atom stereocenters. The number of nitrogens with one attached hydrogen (secondary N) is 1. The van der Waals surface area contributed by atoms with E-state index < -0.39 is 0 Å². The smallest absolute Gasteiger partial charge is 0.278 e. The Kier molecular flexibility index (Phi) is 6.80. The van der Waals surface area contributed by atoms with Gasteiger partial charge >= 0.3 is 0 Å². The molecule has 1 aromatic carbocycles. The monoisotopic (exact) mass is 480 g/mol. The quantitative estimate of drug-likeness (QED) is 0.524. The van der Waals surface area contributed by atoms with E-state index in [1.165, 1.54) is 21.5 Å². The number of hydrogen-bond donors (Lipinski definition) is 1. The van der Waals surface area contributed by atoms with E-state index in [1.54, 1.807) is 0 Å². The number of fused-ring (bicyclic) bond motifs is 2. The second-order valence-electron chi connectivity index (χ2n) is 9.32. The van der Waals surface area contributed by atoms with Crippen LogP contribution in [0.4, 0.5) is 10.8 Å². The maximum atomic E-state index is 12.9. The number of carbonyl (C=O) groups is 1. The third-order valence-electron chi connectivity index (χ3n) is 6.90. The van der Waals surface area contributed by atoms with Gasteiger partial charge in [0.25, 0.3) is 5.56 Å². The maximum Gasteiger partial charge on any atom is 0.278 e. The average molecular weight is 481 g/mol. The van der Waals surface area contributed by atoms with Gasteiger partial charge in [-0.15, -0.1) is 5.10 Å². The number of carbonyl (C=O) groups excluding carboxylic acids is 1. The van der Waals surface area contributed by atoms with E-state index >= 15 is 0 Å². The van der Waals surface area contributed by atoms with E-state index in [2.05, 4.69) is 39.4 Å². The molecule has 3 heterocycles. The summed E-state index contributed by atoms with van der Waals surface area (Å²) in [6, 6.07) is 10.3. The molecular formula is C25H32N6O2S. The summed E-state index contributed by atoms with van der Waals surface area (Å²) in [4.78, 5) is 35.5. The molecule has 2 aliphatic rings. The van der Waals surface area contributed by atoms with Crippen LogP contribution in [0.1, 0.15) is 43.4 Å². The number of aromatic nitrogens is 3. The zero-order valence-electron chi connectivity index (χ0n) is 19.7. The van der Waals surface area contributed by atoms with Crippen LogP contribution in [0.3, 0.4) is 0 Å². The van der Waals surface area contributed by atoms with Crippen LogP contribution in [0.2, 0.25) is 0 Å². The van der Waals surface area contributed by atoms with E-state index in [4.69, 9.17) is 4.98 Å². The molecule has 1 saturated heterocycles. The lowest BCUT2D eigenvalue weighted by molar-refractivity contribution is -0.125. The Hall–Kier alpha value is -2.94. The number of anilines is 2. The Balaban J connectivity index is 1.18. The SMILES string of the molecule is CN(CCCNC(=O)C1CCCN(c2nn3c(=O)c4c(nc3s2)CCCC4)C1)c1ccccc1. The Morgan fingerprint density at radius 1 is 1.21 bits per heavy atom. The van der Waals surface area contributed by atoms with Gasteiger partial charge in [-0.3, -0.25) is 9.59 Å². The highest BCUT2D eigenvalue weighted by molar-refractivity contribution is 7.20. The standard InChI is InChI=1S/C25H32N6O2S/c1-29(19-10-3-2-4-11-19)15-8-14-26-22(32)18-9-7-16-30(17-18)25-28-31-23(33)20-12-5-6-13-21(20)27-24(31)34-25/h2-4,10-11,18H,5-9,12-17H2,1H3,(H,26,32). The molecule has 1 aliphatic heterocycles. The molecule has 0 radical (unpaired) electrons. The molecule has 34 heavy (non-hydrogen) atoms. The third kappa shape index (κ3) is 4.80. The van der Waals surface area contributed by atoms with Crippen molar-refractivity contribution in [3.8, 4) is 0 Å². The fourth-order valence-corrected chi connectivity index (χ4v) is 5.89. The molecule has 8 nitrogen and oxygen atoms in total. The van der Waals surface area contributed by atoms with E-state index in [0.717, 1.165) is 74.4 Å². The number of rotatable bonds is 7. The zero-order valence-corrected chi connectivity index (χ0v) is 20.5. The molecule has 1 N–H and O–H groups in total. The Labute approximate surface area is 203 Å². The topological polar surface area (TPSA) is 82.8 Å². The van der Waals surface area contributed by atoms with Crippen LogP contribution < -0.4 is 20.7 Å². The number of benzene rings is 1. The van der Waals surface area contributed by atoms with Crippen LogP contribution in [0.15, 0.2) is 35.1 Å². The van der Waals surface area contributed by atoms with E-state index in [1.807, 2.05) is 18.2 Å². The number of nitrogens with zero attached hydrogens (tertiary/aromatic N) is 5. The molecule has 180 valence electrons. The van der Waals surface area contributed by atoms with Crippen molar-refractivity contribution in [2.75, 3.05) is 43.0 Å². The fraction of sp³-hybridized carbons (Fsp3) is 0.520. The number of para-hydroxylation sites is 1. The first kappa shape index (κ1) is 22.8. The lowest BCUT2D eigenvalue weighted by Crippen LogP contribution is -2.43. The molecule has 0 bridgehead atoms. The number of amides is 1.